The number of benzene rings is 1. The number of nitrogens with one attached hydrogen (secondary N) is 1. The molecule has 0 fully saturated rings. The molecule has 0 heterocycles. The van der Waals surface area contributed by atoms with E-state index in [0.29, 0.717) is 15.6 Å². The summed E-state index contributed by atoms with van der Waals surface area (Å²) in [4.78, 5) is 23.6. The van der Waals surface area contributed by atoms with Crippen molar-refractivity contribution in [1.82, 2.24) is 5.32 Å². The Labute approximate surface area is 145 Å². The number of rotatable bonds is 6. The van der Waals surface area contributed by atoms with Gasteiger partial charge in [-0.2, -0.15) is 5.26 Å². The minimum atomic E-state index is -1.01. The summed E-state index contributed by atoms with van der Waals surface area (Å²) in [5.41, 5.74) is -0.450. The lowest BCUT2D eigenvalue weighted by Crippen LogP contribution is -2.50. The molecule has 1 aromatic rings. The minimum absolute atomic E-state index is 0.0665. The van der Waals surface area contributed by atoms with Gasteiger partial charge in [-0.15, -0.1) is 0 Å². The molecule has 0 spiro atoms. The van der Waals surface area contributed by atoms with Crippen molar-refractivity contribution < 1.29 is 14.3 Å². The Hall–Kier alpha value is -1.77. The molecule has 0 aliphatic heterocycles. The van der Waals surface area contributed by atoms with Crippen molar-refractivity contribution in [2.45, 2.75) is 32.7 Å². The molecule has 23 heavy (non-hydrogen) atoms. The molecule has 7 heteroatoms. The molecule has 0 radical (unpaired) electrons. The second-order valence-electron chi connectivity index (χ2n) is 5.59. The maximum Gasteiger partial charge on any atom is 0.310 e. The fraction of sp³-hybridized carbons (Fsp3) is 0.438. The van der Waals surface area contributed by atoms with Crippen LogP contribution >= 0.6 is 23.2 Å². The minimum Gasteiger partial charge on any atom is -0.455 e. The maximum atomic E-state index is 11.8. The number of esters is 1. The molecule has 1 aromatic carbocycles. The lowest BCUT2D eigenvalue weighted by atomic mass is 9.90. The Morgan fingerprint density at radius 2 is 2.04 bits per heavy atom. The van der Waals surface area contributed by atoms with Gasteiger partial charge in [0.25, 0.3) is 5.91 Å². The standard InChI is InChI=1S/C16H18Cl2N2O3/c1-10(2)16(3,9-19)20-14(21)8-23-15(22)6-11-4-5-12(17)7-13(11)18/h4-5,7,10H,6,8H2,1-3H3,(H,20,21)/t16-/m1/s1. The van der Waals surface area contributed by atoms with Gasteiger partial charge in [0.2, 0.25) is 0 Å². The topological polar surface area (TPSA) is 79.2 Å². The molecule has 0 aliphatic rings. The molecule has 1 rings (SSSR count). The highest BCUT2D eigenvalue weighted by Gasteiger charge is 2.30. The zero-order chi connectivity index (χ0) is 17.6. The van der Waals surface area contributed by atoms with E-state index in [9.17, 15) is 9.59 Å². The second-order valence-corrected chi connectivity index (χ2v) is 6.43. The van der Waals surface area contributed by atoms with Crippen molar-refractivity contribution in [3.63, 3.8) is 0 Å². The molecule has 0 unspecified atom stereocenters. The SMILES string of the molecule is CC(C)[C@@](C)(C#N)NC(=O)COC(=O)Cc1ccc(Cl)cc1Cl. The van der Waals surface area contributed by atoms with Crippen LogP contribution in [0.15, 0.2) is 18.2 Å². The number of carbonyl (C=O) groups excluding carboxylic acids is 2. The van der Waals surface area contributed by atoms with E-state index in [-0.39, 0.29) is 12.3 Å². The van der Waals surface area contributed by atoms with E-state index in [1.165, 1.54) is 6.07 Å². The average molecular weight is 357 g/mol. The van der Waals surface area contributed by atoms with Crippen LogP contribution in [0.1, 0.15) is 26.3 Å². The third-order valence-electron chi connectivity index (χ3n) is 3.50. The molecule has 1 N–H and O–H groups in total. The quantitative estimate of drug-likeness (QED) is 0.794. The zero-order valence-corrected chi connectivity index (χ0v) is 14.7. The van der Waals surface area contributed by atoms with Gasteiger partial charge in [-0.05, 0) is 30.5 Å². The molecular weight excluding hydrogens is 339 g/mol. The Kier molecular flexibility index (Phi) is 6.86. The number of halogens is 2. The van der Waals surface area contributed by atoms with Crippen molar-refractivity contribution in [3.05, 3.63) is 33.8 Å². The summed E-state index contributed by atoms with van der Waals surface area (Å²) in [6.45, 7) is 4.80. The summed E-state index contributed by atoms with van der Waals surface area (Å²) < 4.78 is 4.91. The molecule has 0 aromatic heterocycles. The molecule has 0 saturated heterocycles. The number of carbonyl (C=O) groups is 2. The number of nitriles is 1. The first-order valence-electron chi connectivity index (χ1n) is 6.99. The predicted molar refractivity (Wildman–Crippen MR) is 88.1 cm³/mol. The van der Waals surface area contributed by atoms with E-state index in [2.05, 4.69) is 5.32 Å². The van der Waals surface area contributed by atoms with E-state index in [0.717, 1.165) is 0 Å². The van der Waals surface area contributed by atoms with Crippen molar-refractivity contribution >= 4 is 35.1 Å². The highest BCUT2D eigenvalue weighted by molar-refractivity contribution is 6.35. The summed E-state index contributed by atoms with van der Waals surface area (Å²) in [6.07, 6.45) is -0.0665. The van der Waals surface area contributed by atoms with E-state index >= 15 is 0 Å². The number of hydrogen-bond acceptors (Lipinski definition) is 4. The summed E-state index contributed by atoms with van der Waals surface area (Å²) in [6, 6.07) is 6.81. The zero-order valence-electron chi connectivity index (χ0n) is 13.2. The van der Waals surface area contributed by atoms with Crippen LogP contribution in [0.2, 0.25) is 10.0 Å². The fourth-order valence-electron chi connectivity index (χ4n) is 1.64. The first-order chi connectivity index (χ1) is 10.7. The first kappa shape index (κ1) is 19.3. The van der Waals surface area contributed by atoms with Gasteiger partial charge < -0.3 is 10.1 Å². The Morgan fingerprint density at radius 1 is 1.39 bits per heavy atom. The molecular formula is C16H18Cl2N2O3. The van der Waals surface area contributed by atoms with Gasteiger partial charge in [0.05, 0.1) is 12.5 Å². The fourth-order valence-corrected chi connectivity index (χ4v) is 2.12. The van der Waals surface area contributed by atoms with Gasteiger partial charge in [-0.3, -0.25) is 9.59 Å². The van der Waals surface area contributed by atoms with Crippen LogP contribution in [-0.2, 0) is 20.7 Å². The number of hydrogen-bond donors (Lipinski definition) is 1. The highest BCUT2D eigenvalue weighted by Crippen LogP contribution is 2.21. The van der Waals surface area contributed by atoms with E-state index in [4.69, 9.17) is 33.2 Å². The summed E-state index contributed by atoms with van der Waals surface area (Å²) in [5, 5.41) is 12.5. The van der Waals surface area contributed by atoms with Crippen molar-refractivity contribution in [2.75, 3.05) is 6.61 Å². The normalized spacial score (nSPS) is 13.1. The van der Waals surface area contributed by atoms with Crippen LogP contribution < -0.4 is 5.32 Å². The predicted octanol–water partition coefficient (Wildman–Crippen LogP) is 3.13. The van der Waals surface area contributed by atoms with Gasteiger partial charge in [0.15, 0.2) is 6.61 Å². The monoisotopic (exact) mass is 356 g/mol. The lowest BCUT2D eigenvalue weighted by Gasteiger charge is -2.27. The number of ether oxygens (including phenoxy) is 1. The first-order valence-corrected chi connectivity index (χ1v) is 7.75. The van der Waals surface area contributed by atoms with Crippen LogP contribution in [0.4, 0.5) is 0 Å². The van der Waals surface area contributed by atoms with Crippen LogP contribution in [0, 0.1) is 17.2 Å². The van der Waals surface area contributed by atoms with Gasteiger partial charge >= 0.3 is 5.97 Å². The molecule has 5 nitrogen and oxygen atoms in total. The molecule has 1 amide bonds. The van der Waals surface area contributed by atoms with Gasteiger partial charge in [-0.25, -0.2) is 0 Å². The summed E-state index contributed by atoms with van der Waals surface area (Å²) >= 11 is 11.7. The molecule has 124 valence electrons. The number of amides is 1. The third-order valence-corrected chi connectivity index (χ3v) is 4.09. The van der Waals surface area contributed by atoms with Crippen LogP contribution in [-0.4, -0.2) is 24.0 Å². The van der Waals surface area contributed by atoms with E-state index in [1.807, 2.05) is 19.9 Å². The molecule has 0 saturated carbocycles. The smallest absolute Gasteiger partial charge is 0.310 e. The highest BCUT2D eigenvalue weighted by atomic mass is 35.5. The van der Waals surface area contributed by atoms with Crippen molar-refractivity contribution in [3.8, 4) is 6.07 Å². The Morgan fingerprint density at radius 3 is 2.57 bits per heavy atom. The summed E-state index contributed by atoms with van der Waals surface area (Å²) in [5.74, 6) is -1.20. The average Bonchev–Trinajstić information content (AvgIpc) is 2.47. The summed E-state index contributed by atoms with van der Waals surface area (Å²) in [7, 11) is 0. The van der Waals surface area contributed by atoms with Gasteiger partial charge in [0, 0.05) is 10.0 Å². The molecule has 0 aliphatic carbocycles. The maximum absolute atomic E-state index is 11.8. The Bertz CT molecular complexity index is 641. The molecule has 0 bridgehead atoms. The lowest BCUT2D eigenvalue weighted by molar-refractivity contribution is -0.148. The Balaban J connectivity index is 2.53. The van der Waals surface area contributed by atoms with Crippen LogP contribution in [0.5, 0.6) is 0 Å². The van der Waals surface area contributed by atoms with Crippen molar-refractivity contribution in [2.24, 2.45) is 5.92 Å². The number of nitrogens with zero attached hydrogens (tertiary/aromatic N) is 1. The van der Waals surface area contributed by atoms with E-state index in [1.54, 1.807) is 19.1 Å². The van der Waals surface area contributed by atoms with E-state index < -0.39 is 24.0 Å². The molecule has 1 atom stereocenters. The van der Waals surface area contributed by atoms with Gasteiger partial charge in [0.1, 0.15) is 5.54 Å². The van der Waals surface area contributed by atoms with Crippen molar-refractivity contribution in [1.29, 1.82) is 5.26 Å². The van der Waals surface area contributed by atoms with Crippen LogP contribution in [0.25, 0.3) is 0 Å². The largest absolute Gasteiger partial charge is 0.455 e. The van der Waals surface area contributed by atoms with Crippen LogP contribution in [0.3, 0.4) is 0 Å². The third kappa shape index (κ3) is 5.74. The second kappa shape index (κ2) is 8.19. The van der Waals surface area contributed by atoms with Gasteiger partial charge in [-0.1, -0.05) is 43.1 Å².